The summed E-state index contributed by atoms with van der Waals surface area (Å²) in [7, 11) is 0. The molecular formula is C15H15F3N2. The van der Waals surface area contributed by atoms with Gasteiger partial charge in [0.05, 0.1) is 5.56 Å². The number of nitrogens with zero attached hydrogens (tertiary/aromatic N) is 1. The lowest BCUT2D eigenvalue weighted by molar-refractivity contribution is -0.137. The molecule has 0 saturated carbocycles. The number of pyridine rings is 1. The van der Waals surface area contributed by atoms with Crippen LogP contribution in [0.2, 0.25) is 0 Å². The van der Waals surface area contributed by atoms with Crippen LogP contribution in [0.4, 0.5) is 19.0 Å². The average Bonchev–Trinajstić information content (AvgIpc) is 2.45. The Hall–Kier alpha value is -2.04. The maximum Gasteiger partial charge on any atom is 0.416 e. The Morgan fingerprint density at radius 1 is 1.10 bits per heavy atom. The van der Waals surface area contributed by atoms with Crippen LogP contribution < -0.4 is 5.32 Å². The highest BCUT2D eigenvalue weighted by atomic mass is 19.4. The molecule has 5 heteroatoms. The molecule has 1 heterocycles. The molecule has 2 rings (SSSR count). The fourth-order valence-corrected chi connectivity index (χ4v) is 1.84. The van der Waals surface area contributed by atoms with Crippen LogP contribution in [0.15, 0.2) is 48.7 Å². The van der Waals surface area contributed by atoms with Crippen LogP contribution >= 0.6 is 0 Å². The Morgan fingerprint density at radius 2 is 1.80 bits per heavy atom. The zero-order valence-corrected chi connectivity index (χ0v) is 11.0. The Bertz CT molecular complexity index is 535. The smallest absolute Gasteiger partial charge is 0.369 e. The average molecular weight is 280 g/mol. The second-order valence-corrected chi connectivity index (χ2v) is 4.62. The number of benzene rings is 1. The lowest BCUT2D eigenvalue weighted by Crippen LogP contribution is -2.11. The van der Waals surface area contributed by atoms with Crippen molar-refractivity contribution in [1.29, 1.82) is 0 Å². The van der Waals surface area contributed by atoms with Crippen molar-refractivity contribution < 1.29 is 13.2 Å². The van der Waals surface area contributed by atoms with Crippen LogP contribution in [0.25, 0.3) is 0 Å². The summed E-state index contributed by atoms with van der Waals surface area (Å²) in [6.07, 6.45) is -2.60. The largest absolute Gasteiger partial charge is 0.416 e. The molecule has 0 fully saturated rings. The third-order valence-corrected chi connectivity index (χ3v) is 3.06. The topological polar surface area (TPSA) is 24.9 Å². The fraction of sp³-hybridized carbons (Fsp3) is 0.267. The van der Waals surface area contributed by atoms with Crippen molar-refractivity contribution in [3.05, 3.63) is 59.8 Å². The summed E-state index contributed by atoms with van der Waals surface area (Å²) in [5.74, 6) is 0.852. The number of rotatable bonds is 4. The minimum absolute atomic E-state index is 0.0966. The first kappa shape index (κ1) is 14.4. The van der Waals surface area contributed by atoms with Crippen molar-refractivity contribution in [1.82, 2.24) is 4.98 Å². The summed E-state index contributed by atoms with van der Waals surface area (Å²) in [5, 5.41) is 3.15. The van der Waals surface area contributed by atoms with E-state index in [0.29, 0.717) is 6.54 Å². The first-order valence-corrected chi connectivity index (χ1v) is 6.29. The van der Waals surface area contributed by atoms with Gasteiger partial charge < -0.3 is 5.32 Å². The molecule has 2 aromatic rings. The van der Waals surface area contributed by atoms with Gasteiger partial charge in [0.2, 0.25) is 0 Å². The van der Waals surface area contributed by atoms with E-state index in [1.165, 1.54) is 12.1 Å². The van der Waals surface area contributed by atoms with Gasteiger partial charge in [-0.05, 0) is 35.7 Å². The van der Waals surface area contributed by atoms with Gasteiger partial charge in [0.25, 0.3) is 0 Å². The number of halogens is 3. The normalized spacial score (nSPS) is 13.0. The van der Waals surface area contributed by atoms with Crippen molar-refractivity contribution in [2.24, 2.45) is 0 Å². The van der Waals surface area contributed by atoms with Crippen LogP contribution in [-0.2, 0) is 6.18 Å². The molecule has 106 valence electrons. The number of nitrogens with one attached hydrogen (secondary N) is 1. The molecule has 1 unspecified atom stereocenters. The van der Waals surface area contributed by atoms with Crippen LogP contribution in [0.1, 0.15) is 24.0 Å². The molecule has 0 saturated heterocycles. The first-order chi connectivity index (χ1) is 9.47. The zero-order chi connectivity index (χ0) is 14.6. The summed E-state index contributed by atoms with van der Waals surface area (Å²) in [4.78, 5) is 4.13. The van der Waals surface area contributed by atoms with Crippen LogP contribution in [0.3, 0.4) is 0 Å². The number of hydrogen-bond donors (Lipinski definition) is 1. The molecule has 0 radical (unpaired) electrons. The van der Waals surface area contributed by atoms with E-state index in [-0.39, 0.29) is 5.92 Å². The third-order valence-electron chi connectivity index (χ3n) is 3.06. The molecule has 1 aromatic carbocycles. The quantitative estimate of drug-likeness (QED) is 0.902. The summed E-state index contributed by atoms with van der Waals surface area (Å²) >= 11 is 0. The molecule has 0 aliphatic heterocycles. The summed E-state index contributed by atoms with van der Waals surface area (Å²) in [6, 6.07) is 10.8. The number of aromatic nitrogens is 1. The Balaban J connectivity index is 1.97. The van der Waals surface area contributed by atoms with Crippen LogP contribution in [0, 0.1) is 0 Å². The van der Waals surface area contributed by atoms with Gasteiger partial charge in [-0.2, -0.15) is 13.2 Å². The number of hydrogen-bond acceptors (Lipinski definition) is 2. The van der Waals surface area contributed by atoms with Gasteiger partial charge in [-0.1, -0.05) is 25.1 Å². The molecule has 0 amide bonds. The SMILES string of the molecule is CC(CNc1ccccn1)c1ccc(C(F)(F)F)cc1. The van der Waals surface area contributed by atoms with Crippen molar-refractivity contribution in [3.63, 3.8) is 0 Å². The lowest BCUT2D eigenvalue weighted by atomic mass is 9.99. The monoisotopic (exact) mass is 280 g/mol. The minimum atomic E-state index is -4.28. The van der Waals surface area contributed by atoms with E-state index in [1.54, 1.807) is 6.20 Å². The van der Waals surface area contributed by atoms with E-state index in [9.17, 15) is 13.2 Å². The Kier molecular flexibility index (Phi) is 4.27. The van der Waals surface area contributed by atoms with Gasteiger partial charge in [-0.3, -0.25) is 0 Å². The molecule has 0 bridgehead atoms. The highest BCUT2D eigenvalue weighted by Crippen LogP contribution is 2.30. The molecule has 0 aliphatic rings. The van der Waals surface area contributed by atoms with Crippen molar-refractivity contribution in [2.45, 2.75) is 19.0 Å². The lowest BCUT2D eigenvalue weighted by Gasteiger charge is -2.14. The van der Waals surface area contributed by atoms with Gasteiger partial charge in [0, 0.05) is 12.7 Å². The van der Waals surface area contributed by atoms with Gasteiger partial charge >= 0.3 is 6.18 Å². The first-order valence-electron chi connectivity index (χ1n) is 6.29. The summed E-state index contributed by atoms with van der Waals surface area (Å²) in [5.41, 5.74) is 0.243. The predicted molar refractivity (Wildman–Crippen MR) is 72.6 cm³/mol. The zero-order valence-electron chi connectivity index (χ0n) is 11.0. The highest BCUT2D eigenvalue weighted by Gasteiger charge is 2.30. The molecule has 1 aromatic heterocycles. The molecule has 1 N–H and O–H groups in total. The number of anilines is 1. The predicted octanol–water partition coefficient (Wildman–Crippen LogP) is 4.32. The second-order valence-electron chi connectivity index (χ2n) is 4.62. The summed E-state index contributed by atoms with van der Waals surface area (Å²) in [6.45, 7) is 2.57. The highest BCUT2D eigenvalue weighted by molar-refractivity contribution is 5.35. The van der Waals surface area contributed by atoms with E-state index >= 15 is 0 Å². The van der Waals surface area contributed by atoms with E-state index in [2.05, 4.69) is 10.3 Å². The van der Waals surface area contributed by atoms with Gasteiger partial charge in [0.1, 0.15) is 5.82 Å². The Labute approximate surface area is 115 Å². The maximum absolute atomic E-state index is 12.5. The molecular weight excluding hydrogens is 265 g/mol. The van der Waals surface area contributed by atoms with E-state index < -0.39 is 11.7 Å². The maximum atomic E-state index is 12.5. The third kappa shape index (κ3) is 3.73. The Morgan fingerprint density at radius 3 is 2.35 bits per heavy atom. The van der Waals surface area contributed by atoms with Crippen LogP contribution in [-0.4, -0.2) is 11.5 Å². The second kappa shape index (κ2) is 5.94. The number of alkyl halides is 3. The molecule has 1 atom stereocenters. The molecule has 0 spiro atoms. The minimum Gasteiger partial charge on any atom is -0.369 e. The molecule has 0 aliphatic carbocycles. The standard InChI is InChI=1S/C15H15F3N2/c1-11(10-20-14-4-2-3-9-19-14)12-5-7-13(8-6-12)15(16,17)18/h2-9,11H,10H2,1H3,(H,19,20). The molecule has 2 nitrogen and oxygen atoms in total. The van der Waals surface area contributed by atoms with Gasteiger partial charge in [-0.15, -0.1) is 0 Å². The van der Waals surface area contributed by atoms with E-state index in [4.69, 9.17) is 0 Å². The van der Waals surface area contributed by atoms with E-state index in [0.717, 1.165) is 23.5 Å². The van der Waals surface area contributed by atoms with Gasteiger partial charge in [-0.25, -0.2) is 4.98 Å². The summed E-state index contributed by atoms with van der Waals surface area (Å²) < 4.78 is 37.4. The van der Waals surface area contributed by atoms with Crippen LogP contribution in [0.5, 0.6) is 0 Å². The molecule has 20 heavy (non-hydrogen) atoms. The van der Waals surface area contributed by atoms with Crippen molar-refractivity contribution in [2.75, 3.05) is 11.9 Å². The van der Waals surface area contributed by atoms with E-state index in [1.807, 2.05) is 25.1 Å². The van der Waals surface area contributed by atoms with Crippen molar-refractivity contribution in [3.8, 4) is 0 Å². The van der Waals surface area contributed by atoms with Crippen molar-refractivity contribution >= 4 is 5.82 Å². The van der Waals surface area contributed by atoms with Gasteiger partial charge in [0.15, 0.2) is 0 Å². The fourth-order valence-electron chi connectivity index (χ4n) is 1.84.